The van der Waals surface area contributed by atoms with Gasteiger partial charge in [0.15, 0.2) is 11.5 Å². The highest BCUT2D eigenvalue weighted by molar-refractivity contribution is 5.93. The Kier molecular flexibility index (Phi) is 5.39. The van der Waals surface area contributed by atoms with Gasteiger partial charge in [-0.15, -0.1) is 0 Å². The Labute approximate surface area is 155 Å². The summed E-state index contributed by atoms with van der Waals surface area (Å²) < 4.78 is 64.7. The number of halogens is 4. The molecule has 0 saturated carbocycles. The van der Waals surface area contributed by atoms with E-state index in [9.17, 15) is 27.2 Å². The Morgan fingerprint density at radius 1 is 0.536 bits per heavy atom. The SMILES string of the molecule is O=C(Oc1ccccc1OC(=O)c1c(F)cccc1F)c1c(F)cccc1F. The first kappa shape index (κ1) is 19.1. The van der Waals surface area contributed by atoms with Crippen molar-refractivity contribution >= 4 is 11.9 Å². The van der Waals surface area contributed by atoms with Gasteiger partial charge in [0.05, 0.1) is 0 Å². The zero-order chi connectivity index (χ0) is 20.3. The molecule has 0 atom stereocenters. The van der Waals surface area contributed by atoms with Crippen molar-refractivity contribution in [3.05, 3.63) is 95.1 Å². The number of carbonyl (C=O) groups excluding carboxylic acids is 2. The van der Waals surface area contributed by atoms with Crippen LogP contribution in [0, 0.1) is 23.3 Å². The topological polar surface area (TPSA) is 52.6 Å². The van der Waals surface area contributed by atoms with Crippen molar-refractivity contribution in [1.82, 2.24) is 0 Å². The van der Waals surface area contributed by atoms with Gasteiger partial charge in [0.25, 0.3) is 0 Å². The highest BCUT2D eigenvalue weighted by Crippen LogP contribution is 2.29. The summed E-state index contributed by atoms with van der Waals surface area (Å²) >= 11 is 0. The van der Waals surface area contributed by atoms with E-state index in [1.54, 1.807) is 0 Å². The average molecular weight is 390 g/mol. The fourth-order valence-corrected chi connectivity index (χ4v) is 2.31. The number of esters is 2. The lowest BCUT2D eigenvalue weighted by molar-refractivity contribution is 0.0671. The third-order valence-corrected chi connectivity index (χ3v) is 3.59. The molecule has 142 valence electrons. The zero-order valence-electron chi connectivity index (χ0n) is 13.9. The predicted octanol–water partition coefficient (Wildman–Crippen LogP) is 4.68. The van der Waals surface area contributed by atoms with Gasteiger partial charge < -0.3 is 9.47 Å². The lowest BCUT2D eigenvalue weighted by atomic mass is 10.2. The second kappa shape index (κ2) is 7.91. The number of rotatable bonds is 4. The molecule has 0 radical (unpaired) electrons. The van der Waals surface area contributed by atoms with E-state index >= 15 is 0 Å². The van der Waals surface area contributed by atoms with E-state index in [4.69, 9.17) is 9.47 Å². The largest absolute Gasteiger partial charge is 0.419 e. The first-order chi connectivity index (χ1) is 13.4. The second-order valence-electron chi connectivity index (χ2n) is 5.42. The van der Waals surface area contributed by atoms with Crippen LogP contribution in [0.3, 0.4) is 0 Å². The van der Waals surface area contributed by atoms with Gasteiger partial charge >= 0.3 is 11.9 Å². The molecule has 0 saturated heterocycles. The Balaban J connectivity index is 1.88. The van der Waals surface area contributed by atoms with Crippen LogP contribution in [0.15, 0.2) is 60.7 Å². The molecule has 0 N–H and O–H groups in total. The second-order valence-corrected chi connectivity index (χ2v) is 5.42. The molecule has 8 heteroatoms. The molecular formula is C20H10F4O4. The third-order valence-electron chi connectivity index (χ3n) is 3.59. The quantitative estimate of drug-likeness (QED) is 0.369. The van der Waals surface area contributed by atoms with Gasteiger partial charge in [-0.3, -0.25) is 0 Å². The van der Waals surface area contributed by atoms with Crippen LogP contribution in [0.25, 0.3) is 0 Å². The third kappa shape index (κ3) is 3.85. The van der Waals surface area contributed by atoms with E-state index in [0.29, 0.717) is 0 Å². The predicted molar refractivity (Wildman–Crippen MR) is 89.1 cm³/mol. The zero-order valence-corrected chi connectivity index (χ0v) is 13.9. The molecule has 0 amide bonds. The summed E-state index contributed by atoms with van der Waals surface area (Å²) in [7, 11) is 0. The van der Waals surface area contributed by atoms with Gasteiger partial charge in [0, 0.05) is 0 Å². The minimum atomic E-state index is -1.38. The van der Waals surface area contributed by atoms with Crippen LogP contribution in [0.5, 0.6) is 11.5 Å². The minimum Gasteiger partial charge on any atom is -0.419 e. The molecule has 0 spiro atoms. The standard InChI is InChI=1S/C20H10F4O4/c21-11-5-3-6-12(22)17(11)19(25)27-15-9-1-2-10-16(15)28-20(26)18-13(23)7-4-8-14(18)24/h1-10H. The van der Waals surface area contributed by atoms with E-state index in [0.717, 1.165) is 36.4 Å². The maximum Gasteiger partial charge on any atom is 0.349 e. The number of hydrogen-bond acceptors (Lipinski definition) is 4. The molecule has 3 rings (SSSR count). The molecule has 4 nitrogen and oxygen atoms in total. The number of ether oxygens (including phenoxy) is 2. The summed E-state index contributed by atoms with van der Waals surface area (Å²) in [6.07, 6.45) is 0. The van der Waals surface area contributed by atoms with E-state index in [-0.39, 0.29) is 11.5 Å². The van der Waals surface area contributed by atoms with Crippen LogP contribution in [0.1, 0.15) is 20.7 Å². The van der Waals surface area contributed by atoms with E-state index in [1.807, 2.05) is 0 Å². The number of para-hydroxylation sites is 2. The van der Waals surface area contributed by atoms with Crippen molar-refractivity contribution in [2.75, 3.05) is 0 Å². The summed E-state index contributed by atoms with van der Waals surface area (Å²) in [6.45, 7) is 0. The van der Waals surface area contributed by atoms with Crippen molar-refractivity contribution in [3.63, 3.8) is 0 Å². The van der Waals surface area contributed by atoms with Crippen molar-refractivity contribution in [3.8, 4) is 11.5 Å². The maximum absolute atomic E-state index is 13.7. The molecule has 3 aromatic carbocycles. The van der Waals surface area contributed by atoms with Gasteiger partial charge in [-0.25, -0.2) is 27.2 Å². The van der Waals surface area contributed by atoms with Crippen LogP contribution in [0.4, 0.5) is 17.6 Å². The number of hydrogen-bond donors (Lipinski definition) is 0. The molecule has 3 aromatic rings. The van der Waals surface area contributed by atoms with Crippen LogP contribution >= 0.6 is 0 Å². The summed E-state index contributed by atoms with van der Waals surface area (Å²) in [6, 6.07) is 10.7. The number of benzene rings is 3. The van der Waals surface area contributed by atoms with Gasteiger partial charge in [0.1, 0.15) is 34.4 Å². The first-order valence-electron chi connectivity index (χ1n) is 7.80. The molecule has 0 bridgehead atoms. The van der Waals surface area contributed by atoms with E-state index in [1.165, 1.54) is 24.3 Å². The van der Waals surface area contributed by atoms with Crippen LogP contribution < -0.4 is 9.47 Å². The van der Waals surface area contributed by atoms with Gasteiger partial charge in [0.2, 0.25) is 0 Å². The van der Waals surface area contributed by atoms with Crippen molar-refractivity contribution in [2.24, 2.45) is 0 Å². The van der Waals surface area contributed by atoms with Crippen molar-refractivity contribution in [1.29, 1.82) is 0 Å². The molecule has 0 aliphatic carbocycles. The van der Waals surface area contributed by atoms with Crippen molar-refractivity contribution in [2.45, 2.75) is 0 Å². The minimum absolute atomic E-state index is 0.375. The highest BCUT2D eigenvalue weighted by Gasteiger charge is 2.23. The van der Waals surface area contributed by atoms with Crippen LogP contribution in [0.2, 0.25) is 0 Å². The smallest absolute Gasteiger partial charge is 0.349 e. The van der Waals surface area contributed by atoms with Crippen LogP contribution in [-0.4, -0.2) is 11.9 Å². The van der Waals surface area contributed by atoms with Gasteiger partial charge in [-0.05, 0) is 36.4 Å². The number of carbonyl (C=O) groups is 2. The summed E-state index contributed by atoms with van der Waals surface area (Å²) in [5.41, 5.74) is -1.88. The summed E-state index contributed by atoms with van der Waals surface area (Å²) in [5, 5.41) is 0. The van der Waals surface area contributed by atoms with E-state index in [2.05, 4.69) is 0 Å². The van der Waals surface area contributed by atoms with E-state index < -0.39 is 46.3 Å². The fourth-order valence-electron chi connectivity index (χ4n) is 2.31. The Hall–Kier alpha value is -3.68. The lowest BCUT2D eigenvalue weighted by Crippen LogP contribution is -2.16. The normalized spacial score (nSPS) is 10.4. The lowest BCUT2D eigenvalue weighted by Gasteiger charge is -2.11. The monoisotopic (exact) mass is 390 g/mol. The molecule has 0 heterocycles. The first-order valence-corrected chi connectivity index (χ1v) is 7.80. The Morgan fingerprint density at radius 2 is 0.857 bits per heavy atom. The van der Waals surface area contributed by atoms with Crippen molar-refractivity contribution < 1.29 is 36.6 Å². The molecular weight excluding hydrogens is 380 g/mol. The van der Waals surface area contributed by atoms with Crippen LogP contribution in [-0.2, 0) is 0 Å². The molecule has 28 heavy (non-hydrogen) atoms. The summed E-state index contributed by atoms with van der Waals surface area (Å²) in [4.78, 5) is 24.2. The fraction of sp³-hybridized carbons (Fsp3) is 0. The highest BCUT2D eigenvalue weighted by atomic mass is 19.1. The molecule has 0 fully saturated rings. The van der Waals surface area contributed by atoms with Gasteiger partial charge in [-0.1, -0.05) is 24.3 Å². The summed E-state index contributed by atoms with van der Waals surface area (Å²) in [5.74, 6) is -8.09. The molecule has 0 aromatic heterocycles. The molecule has 0 unspecified atom stereocenters. The van der Waals surface area contributed by atoms with Gasteiger partial charge in [-0.2, -0.15) is 0 Å². The maximum atomic E-state index is 13.7. The Morgan fingerprint density at radius 3 is 1.18 bits per heavy atom. The average Bonchev–Trinajstić information content (AvgIpc) is 2.63. The molecule has 0 aliphatic heterocycles. The Bertz CT molecular complexity index is 941. The molecule has 0 aliphatic rings.